The zero-order valence-corrected chi connectivity index (χ0v) is 8.34. The number of nitrogens with zero attached hydrogens (tertiary/aromatic N) is 1. The maximum absolute atomic E-state index is 5.70. The van der Waals surface area contributed by atoms with Gasteiger partial charge in [0, 0.05) is 12.6 Å². The van der Waals surface area contributed by atoms with Gasteiger partial charge in [-0.05, 0) is 27.2 Å². The SMILES string of the molecule is C=C[C@]1(C)CCN(C(C)C)CO1. The molecule has 1 heterocycles. The summed E-state index contributed by atoms with van der Waals surface area (Å²) >= 11 is 0. The van der Waals surface area contributed by atoms with Crippen LogP contribution in [0.3, 0.4) is 0 Å². The average molecular weight is 169 g/mol. The van der Waals surface area contributed by atoms with Crippen LogP contribution in [-0.2, 0) is 4.74 Å². The van der Waals surface area contributed by atoms with Crippen LogP contribution in [0.5, 0.6) is 0 Å². The van der Waals surface area contributed by atoms with Crippen LogP contribution in [-0.4, -0.2) is 29.8 Å². The molecule has 0 radical (unpaired) electrons. The predicted molar refractivity (Wildman–Crippen MR) is 51.0 cm³/mol. The van der Waals surface area contributed by atoms with Gasteiger partial charge in [0.05, 0.1) is 5.60 Å². The summed E-state index contributed by atoms with van der Waals surface area (Å²) in [4.78, 5) is 2.32. The highest BCUT2D eigenvalue weighted by Crippen LogP contribution is 2.23. The molecule has 0 aromatic rings. The largest absolute Gasteiger partial charge is 0.356 e. The van der Waals surface area contributed by atoms with E-state index < -0.39 is 0 Å². The van der Waals surface area contributed by atoms with Gasteiger partial charge in [-0.1, -0.05) is 6.08 Å². The number of rotatable bonds is 2. The highest BCUT2D eigenvalue weighted by Gasteiger charge is 2.28. The topological polar surface area (TPSA) is 12.5 Å². The molecule has 0 unspecified atom stereocenters. The predicted octanol–water partition coefficient (Wildman–Crippen LogP) is 2.02. The smallest absolute Gasteiger partial charge is 0.100 e. The van der Waals surface area contributed by atoms with Crippen molar-refractivity contribution in [2.24, 2.45) is 0 Å². The van der Waals surface area contributed by atoms with Crippen molar-refractivity contribution in [1.29, 1.82) is 0 Å². The summed E-state index contributed by atoms with van der Waals surface area (Å²) in [6.07, 6.45) is 2.96. The highest BCUT2D eigenvalue weighted by molar-refractivity contribution is 4.96. The van der Waals surface area contributed by atoms with Gasteiger partial charge in [0.2, 0.25) is 0 Å². The molecule has 0 saturated carbocycles. The van der Waals surface area contributed by atoms with Crippen molar-refractivity contribution in [3.05, 3.63) is 12.7 Å². The molecule has 70 valence electrons. The first-order valence-electron chi connectivity index (χ1n) is 4.59. The van der Waals surface area contributed by atoms with Gasteiger partial charge in [0.15, 0.2) is 0 Å². The quantitative estimate of drug-likeness (QED) is 0.586. The maximum atomic E-state index is 5.70. The van der Waals surface area contributed by atoms with Gasteiger partial charge >= 0.3 is 0 Å². The fourth-order valence-electron chi connectivity index (χ4n) is 1.30. The fourth-order valence-corrected chi connectivity index (χ4v) is 1.30. The Kier molecular flexibility index (Phi) is 2.91. The van der Waals surface area contributed by atoms with Gasteiger partial charge in [-0.2, -0.15) is 0 Å². The molecule has 0 spiro atoms. The summed E-state index contributed by atoms with van der Waals surface area (Å²) in [5, 5.41) is 0. The van der Waals surface area contributed by atoms with Gasteiger partial charge in [-0.3, -0.25) is 4.90 Å². The van der Waals surface area contributed by atoms with Crippen molar-refractivity contribution in [2.45, 2.75) is 38.8 Å². The van der Waals surface area contributed by atoms with Crippen LogP contribution >= 0.6 is 0 Å². The Morgan fingerprint density at radius 3 is 2.58 bits per heavy atom. The van der Waals surface area contributed by atoms with Gasteiger partial charge < -0.3 is 4.74 Å². The van der Waals surface area contributed by atoms with E-state index in [1.807, 2.05) is 6.08 Å². The van der Waals surface area contributed by atoms with E-state index in [9.17, 15) is 0 Å². The second kappa shape index (κ2) is 3.58. The molecule has 0 aliphatic carbocycles. The standard InChI is InChI=1S/C10H19NO/c1-5-10(4)6-7-11(8-12-10)9(2)3/h5,9H,1,6-8H2,2-4H3/t10-/m1/s1. The van der Waals surface area contributed by atoms with Gasteiger partial charge in [-0.15, -0.1) is 6.58 Å². The zero-order chi connectivity index (χ0) is 9.19. The first-order valence-corrected chi connectivity index (χ1v) is 4.59. The normalized spacial score (nSPS) is 32.3. The Labute approximate surface area is 75.2 Å². The molecule has 1 rings (SSSR count). The van der Waals surface area contributed by atoms with Crippen LogP contribution in [0.15, 0.2) is 12.7 Å². The second-order valence-corrected chi connectivity index (χ2v) is 3.95. The van der Waals surface area contributed by atoms with E-state index in [1.54, 1.807) is 0 Å². The van der Waals surface area contributed by atoms with Crippen molar-refractivity contribution in [3.63, 3.8) is 0 Å². The third-order valence-electron chi connectivity index (χ3n) is 2.62. The Hall–Kier alpha value is -0.340. The first kappa shape index (κ1) is 9.75. The van der Waals surface area contributed by atoms with Crippen molar-refractivity contribution in [1.82, 2.24) is 4.90 Å². The van der Waals surface area contributed by atoms with Gasteiger partial charge in [0.1, 0.15) is 6.73 Å². The number of ether oxygens (including phenoxy) is 1. The van der Waals surface area contributed by atoms with Gasteiger partial charge in [0.25, 0.3) is 0 Å². The van der Waals surface area contributed by atoms with Crippen molar-refractivity contribution in [3.8, 4) is 0 Å². The van der Waals surface area contributed by atoms with Crippen LogP contribution in [0.1, 0.15) is 27.2 Å². The minimum absolute atomic E-state index is 0.0919. The van der Waals surface area contributed by atoms with Crippen LogP contribution in [0.25, 0.3) is 0 Å². The molecule has 0 N–H and O–H groups in total. The summed E-state index contributed by atoms with van der Waals surface area (Å²) in [7, 11) is 0. The number of hydrogen-bond acceptors (Lipinski definition) is 2. The lowest BCUT2D eigenvalue weighted by molar-refractivity contribution is -0.111. The van der Waals surface area contributed by atoms with E-state index in [4.69, 9.17) is 4.74 Å². The summed E-state index contributed by atoms with van der Waals surface area (Å²) < 4.78 is 5.70. The highest BCUT2D eigenvalue weighted by atomic mass is 16.5. The lowest BCUT2D eigenvalue weighted by atomic mass is 10.0. The lowest BCUT2D eigenvalue weighted by Crippen LogP contribution is -2.46. The van der Waals surface area contributed by atoms with Crippen LogP contribution in [0, 0.1) is 0 Å². The molecule has 1 fully saturated rings. The zero-order valence-electron chi connectivity index (χ0n) is 8.34. The van der Waals surface area contributed by atoms with Crippen LogP contribution in [0.4, 0.5) is 0 Å². The van der Waals surface area contributed by atoms with E-state index in [2.05, 4.69) is 32.3 Å². The molecular weight excluding hydrogens is 150 g/mol. The maximum Gasteiger partial charge on any atom is 0.100 e. The average Bonchev–Trinajstić information content (AvgIpc) is 2.05. The van der Waals surface area contributed by atoms with E-state index in [0.29, 0.717) is 6.04 Å². The molecule has 0 amide bonds. The fraction of sp³-hybridized carbons (Fsp3) is 0.800. The summed E-state index contributed by atoms with van der Waals surface area (Å²) in [6, 6.07) is 0.583. The Balaban J connectivity index is 2.44. The minimum atomic E-state index is -0.0919. The molecule has 0 aromatic heterocycles. The number of hydrogen-bond donors (Lipinski definition) is 0. The minimum Gasteiger partial charge on any atom is -0.356 e. The summed E-state index contributed by atoms with van der Waals surface area (Å²) in [5.74, 6) is 0. The van der Waals surface area contributed by atoms with E-state index in [-0.39, 0.29) is 5.60 Å². The molecule has 1 saturated heterocycles. The monoisotopic (exact) mass is 169 g/mol. The Morgan fingerprint density at radius 2 is 2.25 bits per heavy atom. The molecule has 2 nitrogen and oxygen atoms in total. The first-order chi connectivity index (χ1) is 5.57. The van der Waals surface area contributed by atoms with Crippen molar-refractivity contribution < 1.29 is 4.74 Å². The van der Waals surface area contributed by atoms with E-state index >= 15 is 0 Å². The van der Waals surface area contributed by atoms with Crippen molar-refractivity contribution >= 4 is 0 Å². The lowest BCUT2D eigenvalue weighted by Gasteiger charge is -2.39. The molecule has 12 heavy (non-hydrogen) atoms. The Morgan fingerprint density at radius 1 is 1.58 bits per heavy atom. The van der Waals surface area contributed by atoms with Gasteiger partial charge in [-0.25, -0.2) is 0 Å². The molecule has 2 heteroatoms. The molecule has 1 atom stereocenters. The molecular formula is C10H19NO. The molecule has 0 bridgehead atoms. The third kappa shape index (κ3) is 2.08. The Bertz CT molecular complexity index is 157. The van der Waals surface area contributed by atoms with Crippen LogP contribution < -0.4 is 0 Å². The summed E-state index contributed by atoms with van der Waals surface area (Å²) in [5.41, 5.74) is -0.0919. The molecule has 0 aromatic carbocycles. The van der Waals surface area contributed by atoms with E-state index in [1.165, 1.54) is 0 Å². The van der Waals surface area contributed by atoms with Crippen molar-refractivity contribution in [2.75, 3.05) is 13.3 Å². The molecule has 1 aliphatic heterocycles. The van der Waals surface area contributed by atoms with Crippen LogP contribution in [0.2, 0.25) is 0 Å². The molecule has 1 aliphatic rings. The summed E-state index contributed by atoms with van der Waals surface area (Å²) in [6.45, 7) is 12.1. The van der Waals surface area contributed by atoms with E-state index in [0.717, 1.165) is 19.7 Å². The second-order valence-electron chi connectivity index (χ2n) is 3.95. The third-order valence-corrected chi connectivity index (χ3v) is 2.62.